The monoisotopic (exact) mass is 278 g/mol. The second-order valence-electron chi connectivity index (χ2n) is 5.77. The first kappa shape index (κ1) is 12.9. The van der Waals surface area contributed by atoms with Gasteiger partial charge in [-0.05, 0) is 36.0 Å². The minimum Gasteiger partial charge on any atom is -0.349 e. The number of hydrogen-bond acceptors (Lipinski definition) is 2. The lowest BCUT2D eigenvalue weighted by Crippen LogP contribution is -2.51. The van der Waals surface area contributed by atoms with Gasteiger partial charge in [-0.25, -0.2) is 0 Å². The van der Waals surface area contributed by atoms with Crippen molar-refractivity contribution in [1.29, 1.82) is 0 Å². The molecule has 2 fully saturated rings. The van der Waals surface area contributed by atoms with Crippen LogP contribution in [0.4, 0.5) is 0 Å². The molecular formula is C15H19ClN2O. The van der Waals surface area contributed by atoms with Gasteiger partial charge in [0.2, 0.25) is 5.91 Å². The maximum absolute atomic E-state index is 12.1. The smallest absolute Gasteiger partial charge is 0.226 e. The quantitative estimate of drug-likeness (QED) is 0.888. The van der Waals surface area contributed by atoms with E-state index >= 15 is 0 Å². The highest BCUT2D eigenvalue weighted by Crippen LogP contribution is 2.47. The lowest BCUT2D eigenvalue weighted by Gasteiger charge is -2.29. The fraction of sp³-hybridized carbons (Fsp3) is 0.533. The highest BCUT2D eigenvalue weighted by molar-refractivity contribution is 6.30. The molecule has 0 radical (unpaired) electrons. The summed E-state index contributed by atoms with van der Waals surface area (Å²) in [7, 11) is 0. The summed E-state index contributed by atoms with van der Waals surface area (Å²) in [5.41, 5.74) is 1.17. The summed E-state index contributed by atoms with van der Waals surface area (Å²) in [6.45, 7) is 3.85. The van der Waals surface area contributed by atoms with Gasteiger partial charge in [0.15, 0.2) is 0 Å². The highest BCUT2D eigenvalue weighted by atomic mass is 35.5. The molecule has 1 aromatic carbocycles. The van der Waals surface area contributed by atoms with Crippen LogP contribution in [0.2, 0.25) is 5.02 Å². The summed E-state index contributed by atoms with van der Waals surface area (Å²) in [4.78, 5) is 12.1. The number of nitrogens with one attached hydrogen (secondary N) is 2. The van der Waals surface area contributed by atoms with Gasteiger partial charge in [-0.3, -0.25) is 4.79 Å². The third-order valence-corrected chi connectivity index (χ3v) is 4.53. The van der Waals surface area contributed by atoms with Gasteiger partial charge >= 0.3 is 0 Å². The Balaban J connectivity index is 1.73. The van der Waals surface area contributed by atoms with Crippen molar-refractivity contribution in [2.75, 3.05) is 13.1 Å². The van der Waals surface area contributed by atoms with Crippen LogP contribution in [0.1, 0.15) is 24.9 Å². The van der Waals surface area contributed by atoms with Gasteiger partial charge in [-0.15, -0.1) is 0 Å². The third kappa shape index (κ3) is 2.77. The molecule has 0 aromatic heterocycles. The lowest BCUT2D eigenvalue weighted by molar-refractivity contribution is -0.127. The van der Waals surface area contributed by atoms with Crippen molar-refractivity contribution in [3.05, 3.63) is 34.9 Å². The van der Waals surface area contributed by atoms with Crippen LogP contribution in [0.15, 0.2) is 24.3 Å². The van der Waals surface area contributed by atoms with Crippen LogP contribution in [0.25, 0.3) is 0 Å². The fourth-order valence-electron chi connectivity index (χ4n) is 2.67. The van der Waals surface area contributed by atoms with Gasteiger partial charge in [0.25, 0.3) is 0 Å². The summed E-state index contributed by atoms with van der Waals surface area (Å²) in [6.07, 6.45) is 1.19. The van der Waals surface area contributed by atoms with Gasteiger partial charge in [0.05, 0.1) is 12.0 Å². The summed E-state index contributed by atoms with van der Waals surface area (Å²) in [6, 6.07) is 7.98. The van der Waals surface area contributed by atoms with E-state index in [1.807, 2.05) is 24.3 Å². The Morgan fingerprint density at radius 3 is 2.47 bits per heavy atom. The fourth-order valence-corrected chi connectivity index (χ4v) is 2.79. The molecule has 1 aromatic rings. The lowest BCUT2D eigenvalue weighted by atomic mass is 9.97. The Morgan fingerprint density at radius 1 is 1.37 bits per heavy atom. The normalized spacial score (nSPS) is 27.5. The molecule has 1 aliphatic heterocycles. The summed E-state index contributed by atoms with van der Waals surface area (Å²) in [5.74, 6) is 1.58. The molecule has 3 unspecified atom stereocenters. The van der Waals surface area contributed by atoms with Crippen molar-refractivity contribution >= 4 is 17.5 Å². The van der Waals surface area contributed by atoms with E-state index in [2.05, 4.69) is 17.6 Å². The van der Waals surface area contributed by atoms with Crippen LogP contribution in [0.5, 0.6) is 0 Å². The van der Waals surface area contributed by atoms with E-state index in [9.17, 15) is 4.79 Å². The van der Waals surface area contributed by atoms with Crippen molar-refractivity contribution in [2.24, 2.45) is 17.8 Å². The van der Waals surface area contributed by atoms with Gasteiger partial charge in [-0.1, -0.05) is 30.7 Å². The van der Waals surface area contributed by atoms with E-state index in [1.165, 1.54) is 12.0 Å². The number of rotatable bonds is 4. The molecule has 3 rings (SSSR count). The van der Waals surface area contributed by atoms with E-state index in [1.54, 1.807) is 0 Å². The maximum Gasteiger partial charge on any atom is 0.226 e. The van der Waals surface area contributed by atoms with Crippen LogP contribution in [-0.2, 0) is 4.79 Å². The molecule has 102 valence electrons. The van der Waals surface area contributed by atoms with Gasteiger partial charge in [0.1, 0.15) is 0 Å². The molecular weight excluding hydrogens is 260 g/mol. The number of benzene rings is 1. The number of carbonyl (C=O) groups excluding carboxylic acids is 1. The van der Waals surface area contributed by atoms with Crippen LogP contribution < -0.4 is 10.6 Å². The zero-order valence-corrected chi connectivity index (χ0v) is 11.8. The minimum atomic E-state index is 0.139. The van der Waals surface area contributed by atoms with E-state index in [0.717, 1.165) is 18.1 Å². The Hall–Kier alpha value is -1.06. The first-order valence-electron chi connectivity index (χ1n) is 6.91. The molecule has 0 bridgehead atoms. The third-order valence-electron chi connectivity index (χ3n) is 4.28. The summed E-state index contributed by atoms with van der Waals surface area (Å²) >= 11 is 5.93. The molecule has 1 saturated heterocycles. The molecule has 0 spiro atoms. The first-order valence-corrected chi connectivity index (χ1v) is 7.29. The maximum atomic E-state index is 12.1. The zero-order valence-electron chi connectivity index (χ0n) is 11.0. The van der Waals surface area contributed by atoms with E-state index < -0.39 is 0 Å². The minimum absolute atomic E-state index is 0.139. The number of amides is 1. The van der Waals surface area contributed by atoms with E-state index in [0.29, 0.717) is 11.8 Å². The molecule has 4 heteroatoms. The van der Waals surface area contributed by atoms with Crippen LogP contribution in [0.3, 0.4) is 0 Å². The van der Waals surface area contributed by atoms with Gasteiger partial charge in [-0.2, -0.15) is 0 Å². The van der Waals surface area contributed by atoms with Crippen molar-refractivity contribution in [3.8, 4) is 0 Å². The van der Waals surface area contributed by atoms with Crippen LogP contribution in [0, 0.1) is 17.8 Å². The topological polar surface area (TPSA) is 41.1 Å². The molecule has 1 heterocycles. The molecule has 1 aliphatic carbocycles. The van der Waals surface area contributed by atoms with Crippen LogP contribution >= 0.6 is 11.6 Å². The van der Waals surface area contributed by atoms with Crippen LogP contribution in [-0.4, -0.2) is 19.0 Å². The average Bonchev–Trinajstić information content (AvgIpc) is 3.02. The average molecular weight is 279 g/mol. The SMILES string of the molecule is CC1CC1C(NC(=O)C1CNC1)c1ccc(Cl)cc1. The second kappa shape index (κ2) is 5.14. The predicted molar refractivity (Wildman–Crippen MR) is 76.0 cm³/mol. The molecule has 19 heavy (non-hydrogen) atoms. The summed E-state index contributed by atoms with van der Waals surface area (Å²) < 4.78 is 0. The van der Waals surface area contributed by atoms with E-state index in [4.69, 9.17) is 11.6 Å². The predicted octanol–water partition coefficient (Wildman–Crippen LogP) is 2.37. The Labute approximate surface area is 118 Å². The van der Waals surface area contributed by atoms with Gasteiger partial charge < -0.3 is 10.6 Å². The Morgan fingerprint density at radius 2 is 2.00 bits per heavy atom. The molecule has 3 atom stereocenters. The Kier molecular flexibility index (Phi) is 3.50. The molecule has 2 aliphatic rings. The van der Waals surface area contributed by atoms with Crippen molar-refractivity contribution < 1.29 is 4.79 Å². The first-order chi connectivity index (χ1) is 9.15. The van der Waals surface area contributed by atoms with Crippen molar-refractivity contribution in [1.82, 2.24) is 10.6 Å². The molecule has 1 amide bonds. The highest BCUT2D eigenvalue weighted by Gasteiger charge is 2.41. The molecule has 1 saturated carbocycles. The number of hydrogen-bond donors (Lipinski definition) is 2. The largest absolute Gasteiger partial charge is 0.349 e. The van der Waals surface area contributed by atoms with Crippen molar-refractivity contribution in [3.63, 3.8) is 0 Å². The summed E-state index contributed by atoms with van der Waals surface area (Å²) in [5, 5.41) is 7.10. The Bertz CT molecular complexity index is 470. The van der Waals surface area contributed by atoms with E-state index in [-0.39, 0.29) is 17.9 Å². The number of halogens is 1. The second-order valence-corrected chi connectivity index (χ2v) is 6.21. The molecule has 2 N–H and O–H groups in total. The molecule has 3 nitrogen and oxygen atoms in total. The number of carbonyl (C=O) groups is 1. The van der Waals surface area contributed by atoms with Crippen molar-refractivity contribution in [2.45, 2.75) is 19.4 Å². The standard InChI is InChI=1S/C15H19ClN2O/c1-9-6-13(9)14(10-2-4-12(16)5-3-10)18-15(19)11-7-17-8-11/h2-5,9,11,13-14,17H,6-8H2,1H3,(H,18,19). The van der Waals surface area contributed by atoms with Gasteiger partial charge in [0, 0.05) is 18.1 Å². The zero-order chi connectivity index (χ0) is 13.4.